The highest BCUT2D eigenvalue weighted by Crippen LogP contribution is 2.25. The van der Waals surface area contributed by atoms with Crippen molar-refractivity contribution in [2.45, 2.75) is 26.0 Å². The van der Waals surface area contributed by atoms with Crippen molar-refractivity contribution in [3.8, 4) is 5.75 Å². The Morgan fingerprint density at radius 3 is 3.00 bits per heavy atom. The molecule has 1 fully saturated rings. The average molecular weight is 320 g/mol. The van der Waals surface area contributed by atoms with E-state index in [1.54, 1.807) is 29.1 Å². The molecule has 0 saturated heterocycles. The molecule has 0 unspecified atom stereocenters. The maximum absolute atomic E-state index is 12.0. The summed E-state index contributed by atoms with van der Waals surface area (Å²) in [5.74, 6) is 1.17. The molecule has 6 heteroatoms. The maximum atomic E-state index is 12.0. The number of carbonyl (C=O) groups is 1. The van der Waals surface area contributed by atoms with Crippen LogP contribution in [0.25, 0.3) is 0 Å². The molecule has 0 atom stereocenters. The fourth-order valence-electron chi connectivity index (χ4n) is 2.28. The molecule has 1 amide bonds. The van der Waals surface area contributed by atoms with Crippen LogP contribution in [0.1, 0.15) is 29.8 Å². The number of ether oxygens (including phenoxy) is 1. The zero-order chi connectivity index (χ0) is 15.4. The second-order valence-corrected chi connectivity index (χ2v) is 5.91. The van der Waals surface area contributed by atoms with Crippen LogP contribution in [0.5, 0.6) is 5.75 Å². The number of halogens is 1. The number of nitrogens with one attached hydrogen (secondary N) is 1. The van der Waals surface area contributed by atoms with Crippen molar-refractivity contribution in [3.63, 3.8) is 0 Å². The Balaban J connectivity index is 1.50. The van der Waals surface area contributed by atoms with Crippen molar-refractivity contribution < 1.29 is 9.53 Å². The summed E-state index contributed by atoms with van der Waals surface area (Å²) < 4.78 is 7.16. The van der Waals surface area contributed by atoms with E-state index in [0.717, 1.165) is 6.54 Å². The molecular weight excluding hydrogens is 302 g/mol. The molecule has 1 aromatic heterocycles. The molecule has 116 valence electrons. The molecular formula is C16H18ClN3O2. The number of carbonyl (C=O) groups excluding carboxylic acids is 1. The molecule has 1 N–H and O–H groups in total. The molecule has 0 bridgehead atoms. The second-order valence-electron chi connectivity index (χ2n) is 5.48. The summed E-state index contributed by atoms with van der Waals surface area (Å²) in [6.45, 7) is 0.973. The summed E-state index contributed by atoms with van der Waals surface area (Å²) in [6.07, 6.45) is 5.42. The predicted octanol–water partition coefficient (Wildman–Crippen LogP) is 3.10. The van der Waals surface area contributed by atoms with Gasteiger partial charge in [0.2, 0.25) is 0 Å². The van der Waals surface area contributed by atoms with Crippen LogP contribution >= 0.6 is 11.6 Å². The predicted molar refractivity (Wildman–Crippen MR) is 84.0 cm³/mol. The minimum absolute atomic E-state index is 0.131. The first-order chi connectivity index (χ1) is 10.7. The molecule has 5 nitrogen and oxygen atoms in total. The van der Waals surface area contributed by atoms with Gasteiger partial charge in [0, 0.05) is 17.8 Å². The highest BCUT2D eigenvalue weighted by Gasteiger charge is 2.18. The summed E-state index contributed by atoms with van der Waals surface area (Å²) in [7, 11) is 0. The Morgan fingerprint density at radius 2 is 2.27 bits per heavy atom. The third-order valence-corrected chi connectivity index (χ3v) is 4.04. The van der Waals surface area contributed by atoms with E-state index in [-0.39, 0.29) is 12.6 Å². The number of aromatic nitrogens is 2. The Hall–Kier alpha value is -2.01. The topological polar surface area (TPSA) is 56.2 Å². The number of amides is 1. The van der Waals surface area contributed by atoms with Crippen LogP contribution in [0.3, 0.4) is 0 Å². The van der Waals surface area contributed by atoms with Gasteiger partial charge >= 0.3 is 0 Å². The average Bonchev–Trinajstić information content (AvgIpc) is 2.92. The summed E-state index contributed by atoms with van der Waals surface area (Å²) in [5.41, 5.74) is 0.411. The quantitative estimate of drug-likeness (QED) is 0.890. The Bertz CT molecular complexity index is 652. The lowest BCUT2D eigenvalue weighted by Crippen LogP contribution is -2.32. The van der Waals surface area contributed by atoms with E-state index in [1.807, 2.05) is 12.1 Å². The highest BCUT2D eigenvalue weighted by molar-refractivity contribution is 6.30. The van der Waals surface area contributed by atoms with E-state index in [9.17, 15) is 4.79 Å². The zero-order valence-electron chi connectivity index (χ0n) is 12.2. The van der Waals surface area contributed by atoms with E-state index in [2.05, 4.69) is 10.4 Å². The monoisotopic (exact) mass is 319 g/mol. The van der Waals surface area contributed by atoms with Crippen LogP contribution in [0, 0.1) is 5.92 Å². The first-order valence-corrected chi connectivity index (χ1v) is 7.78. The minimum Gasteiger partial charge on any atom is -0.471 e. The molecule has 1 heterocycles. The minimum atomic E-state index is -0.131. The standard InChI is InChI=1S/C16H18ClN3O2/c17-13-5-2-6-14(9-13)22-11-20-8-7-15(19-20)16(21)18-10-12-3-1-4-12/h2,5-9,12H,1,3-4,10-11H2,(H,18,21). The fraction of sp³-hybridized carbons (Fsp3) is 0.375. The van der Waals surface area contributed by atoms with Crippen molar-refractivity contribution in [2.24, 2.45) is 5.92 Å². The van der Waals surface area contributed by atoms with E-state index >= 15 is 0 Å². The summed E-state index contributed by atoms with van der Waals surface area (Å²) in [4.78, 5) is 12.0. The third-order valence-electron chi connectivity index (χ3n) is 3.81. The van der Waals surface area contributed by atoms with Crippen molar-refractivity contribution >= 4 is 17.5 Å². The van der Waals surface area contributed by atoms with Crippen LogP contribution in [0.2, 0.25) is 5.02 Å². The lowest BCUT2D eigenvalue weighted by Gasteiger charge is -2.25. The van der Waals surface area contributed by atoms with Gasteiger partial charge < -0.3 is 10.1 Å². The molecule has 3 rings (SSSR count). The van der Waals surface area contributed by atoms with Crippen molar-refractivity contribution in [2.75, 3.05) is 6.54 Å². The van der Waals surface area contributed by atoms with Crippen LogP contribution in [-0.4, -0.2) is 22.2 Å². The van der Waals surface area contributed by atoms with Crippen LogP contribution in [0.4, 0.5) is 0 Å². The van der Waals surface area contributed by atoms with Crippen molar-refractivity contribution in [3.05, 3.63) is 47.2 Å². The van der Waals surface area contributed by atoms with E-state index in [4.69, 9.17) is 16.3 Å². The summed E-state index contributed by atoms with van der Waals surface area (Å²) in [6, 6.07) is 8.85. The number of nitrogens with zero attached hydrogens (tertiary/aromatic N) is 2. The highest BCUT2D eigenvalue weighted by atomic mass is 35.5. The largest absolute Gasteiger partial charge is 0.471 e. The Kier molecular flexibility index (Phi) is 4.63. The third kappa shape index (κ3) is 3.80. The summed E-state index contributed by atoms with van der Waals surface area (Å²) >= 11 is 5.89. The molecule has 0 spiro atoms. The SMILES string of the molecule is O=C(NCC1CCC1)c1ccn(COc2cccc(Cl)c2)n1. The number of hydrogen-bond acceptors (Lipinski definition) is 3. The normalized spacial score (nSPS) is 14.4. The molecule has 0 aliphatic heterocycles. The lowest BCUT2D eigenvalue weighted by molar-refractivity contribution is 0.0932. The van der Waals surface area contributed by atoms with Gasteiger partial charge in [-0.05, 0) is 43.0 Å². The van der Waals surface area contributed by atoms with Gasteiger partial charge in [-0.15, -0.1) is 0 Å². The molecule has 1 aromatic carbocycles. The summed E-state index contributed by atoms with van der Waals surface area (Å²) in [5, 5.41) is 7.76. The first kappa shape index (κ1) is 14.9. The van der Waals surface area contributed by atoms with Crippen molar-refractivity contribution in [1.82, 2.24) is 15.1 Å². The maximum Gasteiger partial charge on any atom is 0.271 e. The van der Waals surface area contributed by atoms with Crippen LogP contribution < -0.4 is 10.1 Å². The van der Waals surface area contributed by atoms with Gasteiger partial charge in [-0.2, -0.15) is 5.10 Å². The van der Waals surface area contributed by atoms with Crippen molar-refractivity contribution in [1.29, 1.82) is 0 Å². The Labute approximate surface area is 134 Å². The van der Waals surface area contributed by atoms with Crippen LogP contribution in [-0.2, 0) is 6.73 Å². The van der Waals surface area contributed by atoms with Gasteiger partial charge in [0.1, 0.15) is 11.4 Å². The smallest absolute Gasteiger partial charge is 0.271 e. The van der Waals surface area contributed by atoms with Gasteiger partial charge in [-0.3, -0.25) is 4.79 Å². The second kappa shape index (κ2) is 6.83. The number of benzene rings is 1. The van der Waals surface area contributed by atoms with E-state index < -0.39 is 0 Å². The number of rotatable bonds is 6. The Morgan fingerprint density at radius 1 is 1.41 bits per heavy atom. The van der Waals surface area contributed by atoms with Gasteiger partial charge in [0.05, 0.1) is 0 Å². The van der Waals surface area contributed by atoms with E-state index in [1.165, 1.54) is 19.3 Å². The van der Waals surface area contributed by atoms with Gasteiger partial charge in [-0.25, -0.2) is 4.68 Å². The fourth-order valence-corrected chi connectivity index (χ4v) is 2.46. The molecule has 2 aromatic rings. The molecule has 0 radical (unpaired) electrons. The molecule has 1 aliphatic rings. The van der Waals surface area contributed by atoms with Crippen LogP contribution in [0.15, 0.2) is 36.5 Å². The molecule has 22 heavy (non-hydrogen) atoms. The first-order valence-electron chi connectivity index (χ1n) is 7.41. The van der Waals surface area contributed by atoms with E-state index in [0.29, 0.717) is 22.4 Å². The molecule has 1 aliphatic carbocycles. The zero-order valence-corrected chi connectivity index (χ0v) is 12.9. The van der Waals surface area contributed by atoms with Gasteiger partial charge in [0.15, 0.2) is 6.73 Å². The lowest BCUT2D eigenvalue weighted by atomic mass is 9.85. The molecule has 1 saturated carbocycles. The number of hydrogen-bond donors (Lipinski definition) is 1. The van der Waals surface area contributed by atoms with Gasteiger partial charge in [-0.1, -0.05) is 24.1 Å². The van der Waals surface area contributed by atoms with Gasteiger partial charge in [0.25, 0.3) is 5.91 Å².